The number of rotatable bonds is 2. The summed E-state index contributed by atoms with van der Waals surface area (Å²) in [5.41, 5.74) is 0. The minimum atomic E-state index is -1.45. The number of halogens is 1. The van der Waals surface area contributed by atoms with Crippen LogP contribution in [0.25, 0.3) is 0 Å². The van der Waals surface area contributed by atoms with Crippen LogP contribution in [0.2, 0.25) is 5.02 Å². The normalized spacial score (nSPS) is 21.6. The van der Waals surface area contributed by atoms with Gasteiger partial charge in [0.1, 0.15) is 5.75 Å². The smallest absolute Gasteiger partial charge is 0.399 e. The Labute approximate surface area is 120 Å². The van der Waals surface area contributed by atoms with Gasteiger partial charge in [0.2, 0.25) is 0 Å². The summed E-state index contributed by atoms with van der Waals surface area (Å²) in [5.74, 6) is -2.95. The number of carbonyl (C=O) groups excluding carboxylic acids is 2. The number of nitrogens with zero attached hydrogens (tertiary/aromatic N) is 1. The van der Waals surface area contributed by atoms with Gasteiger partial charge >= 0.3 is 17.8 Å². The van der Waals surface area contributed by atoms with Crippen molar-refractivity contribution in [3.8, 4) is 5.75 Å². The molecule has 0 aliphatic carbocycles. The highest BCUT2D eigenvalue weighted by Crippen LogP contribution is 2.35. The average Bonchev–Trinajstić information content (AvgIpc) is 2.68. The number of hydrogen-bond donors (Lipinski definition) is 0. The maximum absolute atomic E-state index is 11.3. The largest absolute Gasteiger partial charge is 0.422 e. The molecule has 2 aliphatic heterocycles. The second kappa shape index (κ2) is 4.96. The van der Waals surface area contributed by atoms with E-state index in [-0.39, 0.29) is 0 Å². The van der Waals surface area contributed by atoms with Gasteiger partial charge < -0.3 is 14.3 Å². The summed E-state index contributed by atoms with van der Waals surface area (Å²) >= 11 is 5.89. The number of hydroxylamine groups is 2. The van der Waals surface area contributed by atoms with Crippen LogP contribution in [-0.2, 0) is 19.1 Å². The maximum atomic E-state index is 11.3. The molecule has 6 nitrogen and oxygen atoms in total. The third-order valence-electron chi connectivity index (χ3n) is 3.17. The predicted molar refractivity (Wildman–Crippen MR) is 67.6 cm³/mol. The first-order valence-corrected chi connectivity index (χ1v) is 6.64. The van der Waals surface area contributed by atoms with Crippen LogP contribution in [0, 0.1) is 0 Å². The average molecular weight is 298 g/mol. The molecule has 7 heteroatoms. The monoisotopic (exact) mass is 297 g/mol. The van der Waals surface area contributed by atoms with Crippen LogP contribution in [0.4, 0.5) is 0 Å². The molecule has 2 aliphatic rings. The number of hydrogen-bond acceptors (Lipinski definition) is 6. The number of esters is 2. The van der Waals surface area contributed by atoms with Gasteiger partial charge in [0.15, 0.2) is 0 Å². The molecule has 3 rings (SSSR count). The Morgan fingerprint density at radius 3 is 2.65 bits per heavy atom. The SMILES string of the molecule is O=C1OC2(CCCCN2Oc2cccc(Cl)c2)OC1=O. The molecule has 0 radical (unpaired) electrons. The van der Waals surface area contributed by atoms with E-state index in [2.05, 4.69) is 0 Å². The lowest BCUT2D eigenvalue weighted by molar-refractivity contribution is -0.341. The Hall–Kier alpha value is -1.79. The van der Waals surface area contributed by atoms with Crippen molar-refractivity contribution in [2.75, 3.05) is 6.54 Å². The van der Waals surface area contributed by atoms with Crippen molar-refractivity contribution in [1.82, 2.24) is 5.06 Å². The summed E-state index contributed by atoms with van der Waals surface area (Å²) in [5, 5.41) is 1.90. The van der Waals surface area contributed by atoms with Crippen molar-refractivity contribution >= 4 is 23.5 Å². The van der Waals surface area contributed by atoms with Gasteiger partial charge in [-0.2, -0.15) is 0 Å². The van der Waals surface area contributed by atoms with Gasteiger partial charge in [-0.3, -0.25) is 0 Å². The number of carbonyl (C=O) groups is 2. The molecular formula is C13H12ClNO5. The van der Waals surface area contributed by atoms with Gasteiger partial charge in [-0.1, -0.05) is 22.7 Å². The minimum absolute atomic E-state index is 0.380. The third-order valence-corrected chi connectivity index (χ3v) is 3.40. The van der Waals surface area contributed by atoms with E-state index >= 15 is 0 Å². The van der Waals surface area contributed by atoms with Crippen LogP contribution in [-0.4, -0.2) is 29.5 Å². The zero-order valence-electron chi connectivity index (χ0n) is 10.5. The quantitative estimate of drug-likeness (QED) is 0.613. The maximum Gasteiger partial charge on any atom is 0.422 e. The van der Waals surface area contributed by atoms with E-state index in [0.29, 0.717) is 23.7 Å². The van der Waals surface area contributed by atoms with Gasteiger partial charge in [0, 0.05) is 24.1 Å². The highest BCUT2D eigenvalue weighted by atomic mass is 35.5. The number of piperidine rings is 1. The van der Waals surface area contributed by atoms with Gasteiger partial charge in [-0.15, -0.1) is 0 Å². The van der Waals surface area contributed by atoms with Crippen LogP contribution in [0.5, 0.6) is 5.75 Å². The van der Waals surface area contributed by atoms with E-state index in [9.17, 15) is 9.59 Å². The molecule has 0 aromatic heterocycles. The van der Waals surface area contributed by atoms with E-state index in [1.165, 1.54) is 5.06 Å². The lowest BCUT2D eigenvalue weighted by Gasteiger charge is -2.38. The molecule has 2 saturated heterocycles. The molecule has 0 bridgehead atoms. The minimum Gasteiger partial charge on any atom is -0.399 e. The van der Waals surface area contributed by atoms with Crippen LogP contribution in [0.3, 0.4) is 0 Å². The second-order valence-corrected chi connectivity index (χ2v) is 5.04. The molecule has 106 valence electrons. The molecule has 1 aromatic carbocycles. The zero-order chi connectivity index (χ0) is 14.2. The molecule has 1 aromatic rings. The molecule has 0 unspecified atom stereocenters. The molecule has 2 fully saturated rings. The second-order valence-electron chi connectivity index (χ2n) is 4.60. The summed E-state index contributed by atoms with van der Waals surface area (Å²) in [6.07, 6.45) is 2.00. The fourth-order valence-corrected chi connectivity index (χ4v) is 2.44. The van der Waals surface area contributed by atoms with Crippen molar-refractivity contribution in [2.45, 2.75) is 25.2 Å². The topological polar surface area (TPSA) is 65.1 Å². The Balaban J connectivity index is 1.83. The standard InChI is InChI=1S/C13H12ClNO5/c14-9-4-3-5-10(8-9)20-15-7-2-1-6-13(15)18-11(16)12(17)19-13/h3-5,8H,1-2,6-7H2. The van der Waals surface area contributed by atoms with Crippen LogP contribution < -0.4 is 4.84 Å². The molecule has 0 atom stereocenters. The van der Waals surface area contributed by atoms with Gasteiger partial charge in [-0.05, 0) is 25.0 Å². The lowest BCUT2D eigenvalue weighted by Crippen LogP contribution is -2.54. The van der Waals surface area contributed by atoms with E-state index in [0.717, 1.165) is 12.8 Å². The first kappa shape index (κ1) is 13.2. The summed E-state index contributed by atoms with van der Waals surface area (Å²) in [6.45, 7) is 0.479. The molecule has 1 spiro atoms. The molecule has 0 N–H and O–H groups in total. The Morgan fingerprint density at radius 1 is 1.20 bits per heavy atom. The summed E-state index contributed by atoms with van der Waals surface area (Å²) in [4.78, 5) is 28.3. The molecular weight excluding hydrogens is 286 g/mol. The fourth-order valence-electron chi connectivity index (χ4n) is 2.26. The molecule has 20 heavy (non-hydrogen) atoms. The summed E-state index contributed by atoms with van der Waals surface area (Å²) in [7, 11) is 0. The Morgan fingerprint density at radius 2 is 1.95 bits per heavy atom. The van der Waals surface area contributed by atoms with E-state index in [1.54, 1.807) is 24.3 Å². The Bertz CT molecular complexity index is 545. The van der Waals surface area contributed by atoms with Crippen LogP contribution in [0.15, 0.2) is 24.3 Å². The molecule has 0 saturated carbocycles. The van der Waals surface area contributed by atoms with Crippen molar-refractivity contribution in [3.05, 3.63) is 29.3 Å². The highest BCUT2D eigenvalue weighted by Gasteiger charge is 2.55. The van der Waals surface area contributed by atoms with Gasteiger partial charge in [-0.25, -0.2) is 9.59 Å². The summed E-state index contributed by atoms with van der Waals surface area (Å²) in [6, 6.07) is 6.80. The van der Waals surface area contributed by atoms with E-state index in [4.69, 9.17) is 25.9 Å². The van der Waals surface area contributed by atoms with Crippen LogP contribution in [0.1, 0.15) is 19.3 Å². The van der Waals surface area contributed by atoms with E-state index in [1.807, 2.05) is 0 Å². The first-order chi connectivity index (χ1) is 9.59. The first-order valence-electron chi connectivity index (χ1n) is 6.27. The van der Waals surface area contributed by atoms with Crippen molar-refractivity contribution in [2.24, 2.45) is 0 Å². The predicted octanol–water partition coefficient (Wildman–Crippen LogP) is 1.87. The van der Waals surface area contributed by atoms with Crippen molar-refractivity contribution < 1.29 is 23.9 Å². The third kappa shape index (κ3) is 2.32. The van der Waals surface area contributed by atoms with Gasteiger partial charge in [0.25, 0.3) is 0 Å². The molecule has 2 heterocycles. The summed E-state index contributed by atoms with van der Waals surface area (Å²) < 4.78 is 10.1. The molecule has 0 amide bonds. The van der Waals surface area contributed by atoms with Crippen LogP contribution >= 0.6 is 11.6 Å². The lowest BCUT2D eigenvalue weighted by atomic mass is 10.1. The highest BCUT2D eigenvalue weighted by molar-refractivity contribution is 6.31. The van der Waals surface area contributed by atoms with E-state index < -0.39 is 17.8 Å². The van der Waals surface area contributed by atoms with Gasteiger partial charge in [0.05, 0.1) is 0 Å². The number of ether oxygens (including phenoxy) is 2. The fraction of sp³-hybridized carbons (Fsp3) is 0.385. The van der Waals surface area contributed by atoms with Crippen molar-refractivity contribution in [1.29, 1.82) is 0 Å². The van der Waals surface area contributed by atoms with Crippen molar-refractivity contribution in [3.63, 3.8) is 0 Å². The number of benzene rings is 1. The Kier molecular flexibility index (Phi) is 3.27. The zero-order valence-corrected chi connectivity index (χ0v) is 11.3.